The van der Waals surface area contributed by atoms with Gasteiger partial charge in [0.25, 0.3) is 0 Å². The second-order valence-electron chi connectivity index (χ2n) is 14.2. The lowest BCUT2D eigenvalue weighted by molar-refractivity contribution is 0.671. The zero-order valence-corrected chi connectivity index (χ0v) is 29.5. The Hall–Kier alpha value is -7.50. The van der Waals surface area contributed by atoms with E-state index >= 15 is 0 Å². The van der Waals surface area contributed by atoms with Gasteiger partial charge in [-0.2, -0.15) is 0 Å². The molecule has 55 heavy (non-hydrogen) atoms. The molecule has 0 radical (unpaired) electrons. The molecule has 0 saturated heterocycles. The van der Waals surface area contributed by atoms with Crippen LogP contribution in [0.25, 0.3) is 110 Å². The van der Waals surface area contributed by atoms with Crippen LogP contribution in [0.2, 0.25) is 0 Å². The monoisotopic (exact) mass is 702 g/mol. The molecule has 0 saturated carbocycles. The molecule has 4 aromatic heterocycles. The van der Waals surface area contributed by atoms with Crippen molar-refractivity contribution in [3.05, 3.63) is 182 Å². The third kappa shape index (κ3) is 4.41. The van der Waals surface area contributed by atoms with Gasteiger partial charge in [0.1, 0.15) is 5.58 Å². The number of rotatable bonds is 4. The summed E-state index contributed by atoms with van der Waals surface area (Å²) in [6, 6.07) is 64.1. The molecule has 0 N–H and O–H groups in total. The largest absolute Gasteiger partial charge is 0.454 e. The van der Waals surface area contributed by atoms with Gasteiger partial charge in [0.2, 0.25) is 0 Å². The van der Waals surface area contributed by atoms with Gasteiger partial charge in [-0.3, -0.25) is 0 Å². The van der Waals surface area contributed by atoms with Gasteiger partial charge in [0.15, 0.2) is 11.4 Å². The molecule has 0 amide bonds. The molecule has 256 valence electrons. The molecule has 12 rings (SSSR count). The third-order valence-corrected chi connectivity index (χ3v) is 11.1. The summed E-state index contributed by atoms with van der Waals surface area (Å²) in [5.74, 6) is 0.681. The van der Waals surface area contributed by atoms with Crippen molar-refractivity contribution < 1.29 is 4.42 Å². The second-order valence-corrected chi connectivity index (χ2v) is 14.2. The van der Waals surface area contributed by atoms with E-state index in [4.69, 9.17) is 14.4 Å². The minimum Gasteiger partial charge on any atom is -0.454 e. The molecule has 0 atom stereocenters. The maximum Gasteiger partial charge on any atom is 0.160 e. The van der Waals surface area contributed by atoms with Gasteiger partial charge in [-0.05, 0) is 60.7 Å². The van der Waals surface area contributed by atoms with Crippen molar-refractivity contribution in [3.63, 3.8) is 0 Å². The first-order valence-corrected chi connectivity index (χ1v) is 18.6. The maximum atomic E-state index is 6.78. The van der Waals surface area contributed by atoms with Crippen molar-refractivity contribution in [3.8, 4) is 34.0 Å². The highest BCUT2D eigenvalue weighted by molar-refractivity contribution is 6.24. The number of benzene rings is 8. The van der Waals surface area contributed by atoms with Gasteiger partial charge >= 0.3 is 0 Å². The topological polar surface area (TPSA) is 48.8 Å². The first-order chi connectivity index (χ1) is 27.3. The number of hydrogen-bond acceptors (Lipinski definition) is 3. The van der Waals surface area contributed by atoms with Crippen molar-refractivity contribution in [2.75, 3.05) is 0 Å². The predicted octanol–water partition coefficient (Wildman–Crippen LogP) is 13.1. The zero-order valence-electron chi connectivity index (χ0n) is 29.5. The van der Waals surface area contributed by atoms with Crippen LogP contribution in [0.1, 0.15) is 0 Å². The number of aromatic nitrogens is 4. The second kappa shape index (κ2) is 11.5. The van der Waals surface area contributed by atoms with E-state index in [0.29, 0.717) is 5.82 Å². The van der Waals surface area contributed by atoms with E-state index in [2.05, 4.69) is 167 Å². The Balaban J connectivity index is 1.19. The van der Waals surface area contributed by atoms with Gasteiger partial charge < -0.3 is 13.6 Å². The molecule has 4 heterocycles. The van der Waals surface area contributed by atoms with Crippen LogP contribution in [-0.4, -0.2) is 19.1 Å². The molecule has 0 aliphatic carbocycles. The first kappa shape index (κ1) is 30.0. The molecule has 5 nitrogen and oxygen atoms in total. The smallest absolute Gasteiger partial charge is 0.160 e. The minimum atomic E-state index is 0.681. The highest BCUT2D eigenvalue weighted by atomic mass is 16.3. The summed E-state index contributed by atoms with van der Waals surface area (Å²) in [6.07, 6.45) is 0. The van der Waals surface area contributed by atoms with Crippen molar-refractivity contribution >= 4 is 76.5 Å². The maximum absolute atomic E-state index is 6.78. The SMILES string of the molecule is c1ccc(-c2nc(-c3cccc(-n4c5cc6c(cc5c5ccc7c8ccccc8oc7c54)c4ccccc4n6-c4ccccc4)c3)nc3ccccc23)cc1. The Morgan fingerprint density at radius 3 is 1.91 bits per heavy atom. The van der Waals surface area contributed by atoms with Crippen LogP contribution in [0, 0.1) is 0 Å². The quantitative estimate of drug-likeness (QED) is 0.183. The fourth-order valence-corrected chi connectivity index (χ4v) is 8.67. The van der Waals surface area contributed by atoms with Gasteiger partial charge in [-0.1, -0.05) is 121 Å². The van der Waals surface area contributed by atoms with Crippen molar-refractivity contribution in [2.24, 2.45) is 0 Å². The van der Waals surface area contributed by atoms with Gasteiger partial charge in [-0.15, -0.1) is 0 Å². The van der Waals surface area contributed by atoms with Crippen LogP contribution in [0.5, 0.6) is 0 Å². The van der Waals surface area contributed by atoms with E-state index in [1.54, 1.807) is 0 Å². The third-order valence-electron chi connectivity index (χ3n) is 11.1. The molecule has 0 aliphatic rings. The summed E-state index contributed by atoms with van der Waals surface area (Å²) < 4.78 is 11.5. The summed E-state index contributed by atoms with van der Waals surface area (Å²) >= 11 is 0. The van der Waals surface area contributed by atoms with Crippen LogP contribution in [0.15, 0.2) is 186 Å². The zero-order chi connectivity index (χ0) is 36.0. The Bertz CT molecular complexity index is 3480. The molecule has 5 heteroatoms. The Labute approximate surface area is 315 Å². The average Bonchev–Trinajstić information content (AvgIpc) is 3.90. The average molecular weight is 703 g/mol. The van der Waals surface area contributed by atoms with Gasteiger partial charge in [-0.25, -0.2) is 9.97 Å². The molecule has 8 aromatic carbocycles. The standard InChI is InChI=1S/C50H30N4O/c1-3-14-31(15-4-1)47-39-22-7-10-23-42(39)51-50(52-47)32-16-13-19-34(28-32)54-45-30-44-40(35-20-8-11-24-43(35)53(44)33-17-5-2-6-18-33)29-41(45)37-26-27-38-36-21-9-12-25-46(36)55-49(38)48(37)54/h1-30H. The molecule has 0 aliphatic heterocycles. The number of fused-ring (bicyclic) bond motifs is 11. The van der Waals surface area contributed by atoms with E-state index in [9.17, 15) is 0 Å². The lowest BCUT2D eigenvalue weighted by atomic mass is 10.1. The van der Waals surface area contributed by atoms with Crippen molar-refractivity contribution in [1.29, 1.82) is 0 Å². The molecule has 12 aromatic rings. The fourth-order valence-electron chi connectivity index (χ4n) is 8.67. The number of nitrogens with zero attached hydrogens (tertiary/aromatic N) is 4. The lowest BCUT2D eigenvalue weighted by Gasteiger charge is -2.12. The highest BCUT2D eigenvalue weighted by Crippen LogP contribution is 2.44. The molecular weight excluding hydrogens is 673 g/mol. The van der Waals surface area contributed by atoms with Crippen molar-refractivity contribution in [2.45, 2.75) is 0 Å². The number of furan rings is 1. The van der Waals surface area contributed by atoms with E-state index in [1.165, 1.54) is 21.7 Å². The Morgan fingerprint density at radius 1 is 0.382 bits per heavy atom. The van der Waals surface area contributed by atoms with Gasteiger partial charge in [0.05, 0.1) is 33.3 Å². The lowest BCUT2D eigenvalue weighted by Crippen LogP contribution is -1.98. The predicted molar refractivity (Wildman–Crippen MR) is 226 cm³/mol. The summed E-state index contributed by atoms with van der Waals surface area (Å²) in [5, 5.41) is 7.97. The van der Waals surface area contributed by atoms with E-state index < -0.39 is 0 Å². The Kier molecular flexibility index (Phi) is 6.27. The van der Waals surface area contributed by atoms with Crippen LogP contribution in [0.4, 0.5) is 0 Å². The van der Waals surface area contributed by atoms with Crippen LogP contribution in [-0.2, 0) is 0 Å². The summed E-state index contributed by atoms with van der Waals surface area (Å²) in [7, 11) is 0. The normalized spacial score (nSPS) is 12.0. The molecule has 0 spiro atoms. The summed E-state index contributed by atoms with van der Waals surface area (Å²) in [6.45, 7) is 0. The molecule has 0 bridgehead atoms. The van der Waals surface area contributed by atoms with Crippen LogP contribution < -0.4 is 0 Å². The van der Waals surface area contributed by atoms with Crippen LogP contribution in [0.3, 0.4) is 0 Å². The molecule has 0 unspecified atom stereocenters. The first-order valence-electron chi connectivity index (χ1n) is 18.6. The van der Waals surface area contributed by atoms with Crippen molar-refractivity contribution in [1.82, 2.24) is 19.1 Å². The minimum absolute atomic E-state index is 0.681. The van der Waals surface area contributed by atoms with E-state index in [0.717, 1.165) is 83.0 Å². The highest BCUT2D eigenvalue weighted by Gasteiger charge is 2.22. The fraction of sp³-hybridized carbons (Fsp3) is 0. The van der Waals surface area contributed by atoms with Gasteiger partial charge in [0, 0.05) is 60.2 Å². The molecule has 0 fully saturated rings. The summed E-state index contributed by atoms with van der Waals surface area (Å²) in [4.78, 5) is 10.4. The Morgan fingerprint density at radius 2 is 1.04 bits per heavy atom. The number of hydrogen-bond donors (Lipinski definition) is 0. The van der Waals surface area contributed by atoms with Crippen LogP contribution >= 0.6 is 0 Å². The van der Waals surface area contributed by atoms with E-state index in [1.807, 2.05) is 24.3 Å². The molecular formula is C50H30N4O. The number of para-hydroxylation sites is 4. The van der Waals surface area contributed by atoms with E-state index in [-0.39, 0.29) is 0 Å². The summed E-state index contributed by atoms with van der Waals surface area (Å²) in [5.41, 5.74) is 12.2.